The lowest BCUT2D eigenvalue weighted by Gasteiger charge is -2.28. The third-order valence-corrected chi connectivity index (χ3v) is 5.38. The van der Waals surface area contributed by atoms with Crippen LogP contribution in [0, 0.1) is 19.8 Å². The standard InChI is InChI=1S/C18H23ClN2O/c1-11-5-4-8-21(9-11)10-15-13(3)20-17-12(2)16(19)7-6-14(17)18(15)22/h6-7,11H,4-5,8-10H2,1-3H3,(H,20,22)/p+1. The van der Waals surface area contributed by atoms with Crippen LogP contribution < -0.4 is 10.3 Å². The Labute approximate surface area is 136 Å². The van der Waals surface area contributed by atoms with Gasteiger partial charge in [-0.2, -0.15) is 0 Å². The molecule has 0 aliphatic carbocycles. The highest BCUT2D eigenvalue weighted by Gasteiger charge is 2.22. The molecule has 1 aromatic heterocycles. The summed E-state index contributed by atoms with van der Waals surface area (Å²) in [4.78, 5) is 17.8. The third kappa shape index (κ3) is 2.80. The predicted molar refractivity (Wildman–Crippen MR) is 91.9 cm³/mol. The highest BCUT2D eigenvalue weighted by Crippen LogP contribution is 2.22. The number of likely N-dealkylation sites (tertiary alicyclic amines) is 1. The number of aromatic nitrogens is 1. The monoisotopic (exact) mass is 319 g/mol. The van der Waals surface area contributed by atoms with Crippen molar-refractivity contribution in [3.05, 3.63) is 44.2 Å². The van der Waals surface area contributed by atoms with Gasteiger partial charge in [0.25, 0.3) is 0 Å². The van der Waals surface area contributed by atoms with E-state index in [0.717, 1.165) is 46.7 Å². The zero-order valence-corrected chi connectivity index (χ0v) is 14.3. The van der Waals surface area contributed by atoms with E-state index in [-0.39, 0.29) is 5.43 Å². The summed E-state index contributed by atoms with van der Waals surface area (Å²) in [5.74, 6) is 0.754. The van der Waals surface area contributed by atoms with E-state index in [0.29, 0.717) is 5.02 Å². The molecule has 3 rings (SSSR count). The van der Waals surface area contributed by atoms with E-state index in [4.69, 9.17) is 11.6 Å². The van der Waals surface area contributed by atoms with Crippen molar-refractivity contribution in [1.82, 2.24) is 4.98 Å². The van der Waals surface area contributed by atoms with Gasteiger partial charge in [0.1, 0.15) is 6.54 Å². The first-order valence-electron chi connectivity index (χ1n) is 8.11. The first kappa shape index (κ1) is 15.6. The lowest BCUT2D eigenvalue weighted by atomic mass is 9.99. The summed E-state index contributed by atoms with van der Waals surface area (Å²) in [5.41, 5.74) is 3.90. The molecule has 1 saturated heterocycles. The molecule has 2 atom stereocenters. The molecule has 2 unspecified atom stereocenters. The summed E-state index contributed by atoms with van der Waals surface area (Å²) in [5, 5.41) is 1.46. The Morgan fingerprint density at radius 3 is 2.86 bits per heavy atom. The molecule has 1 fully saturated rings. The maximum atomic E-state index is 12.9. The van der Waals surface area contributed by atoms with Gasteiger partial charge in [0.2, 0.25) is 0 Å². The van der Waals surface area contributed by atoms with Crippen molar-refractivity contribution in [3.63, 3.8) is 0 Å². The van der Waals surface area contributed by atoms with Crippen LogP contribution in [-0.2, 0) is 6.54 Å². The van der Waals surface area contributed by atoms with E-state index in [1.165, 1.54) is 24.3 Å². The molecule has 1 aliphatic rings. The Morgan fingerprint density at radius 1 is 1.36 bits per heavy atom. The van der Waals surface area contributed by atoms with Gasteiger partial charge in [0.15, 0.2) is 5.43 Å². The molecular weight excluding hydrogens is 296 g/mol. The second-order valence-electron chi connectivity index (χ2n) is 6.78. The number of halogens is 1. The van der Waals surface area contributed by atoms with Crippen LogP contribution in [0.3, 0.4) is 0 Å². The Bertz CT molecular complexity index is 766. The Hall–Kier alpha value is -1.32. The highest BCUT2D eigenvalue weighted by molar-refractivity contribution is 6.32. The first-order valence-corrected chi connectivity index (χ1v) is 8.49. The van der Waals surface area contributed by atoms with Crippen molar-refractivity contribution in [3.8, 4) is 0 Å². The smallest absolute Gasteiger partial charge is 0.198 e. The molecular formula is C18H24ClN2O+. The second-order valence-corrected chi connectivity index (χ2v) is 7.19. The van der Waals surface area contributed by atoms with E-state index in [1.54, 1.807) is 0 Å². The van der Waals surface area contributed by atoms with E-state index in [1.807, 2.05) is 26.0 Å². The number of H-pyrrole nitrogens is 1. The van der Waals surface area contributed by atoms with Gasteiger partial charge in [0, 0.05) is 22.0 Å². The Kier molecular flexibility index (Phi) is 4.28. The van der Waals surface area contributed by atoms with Crippen LogP contribution in [0.15, 0.2) is 16.9 Å². The van der Waals surface area contributed by atoms with Crippen molar-refractivity contribution in [2.45, 2.75) is 40.2 Å². The first-order chi connectivity index (χ1) is 10.5. The van der Waals surface area contributed by atoms with Gasteiger partial charge < -0.3 is 9.88 Å². The average molecular weight is 320 g/mol. The van der Waals surface area contributed by atoms with Crippen molar-refractivity contribution < 1.29 is 4.90 Å². The fourth-order valence-corrected chi connectivity index (χ4v) is 3.81. The SMILES string of the molecule is Cc1[nH]c2c(C)c(Cl)ccc2c(=O)c1C[NH+]1CCCC(C)C1. The topological polar surface area (TPSA) is 37.3 Å². The van der Waals surface area contributed by atoms with Crippen LogP contribution in [-0.4, -0.2) is 18.1 Å². The summed E-state index contributed by atoms with van der Waals surface area (Å²) in [7, 11) is 0. The summed E-state index contributed by atoms with van der Waals surface area (Å²) in [6, 6.07) is 3.67. The number of rotatable bonds is 2. The van der Waals surface area contributed by atoms with Gasteiger partial charge in [0.05, 0.1) is 24.2 Å². The summed E-state index contributed by atoms with van der Waals surface area (Å²) < 4.78 is 0. The number of aryl methyl sites for hydroxylation is 2. The van der Waals surface area contributed by atoms with E-state index >= 15 is 0 Å². The Morgan fingerprint density at radius 2 is 2.14 bits per heavy atom. The molecule has 22 heavy (non-hydrogen) atoms. The predicted octanol–water partition coefficient (Wildman–Crippen LogP) is 2.61. The fraction of sp³-hybridized carbons (Fsp3) is 0.500. The van der Waals surface area contributed by atoms with Crippen LogP contribution >= 0.6 is 11.6 Å². The molecule has 3 nitrogen and oxygen atoms in total. The van der Waals surface area contributed by atoms with Crippen LogP contribution in [0.1, 0.15) is 36.6 Å². The molecule has 1 aromatic carbocycles. The molecule has 0 saturated carbocycles. The summed E-state index contributed by atoms with van der Waals surface area (Å²) >= 11 is 6.18. The molecule has 4 heteroatoms. The average Bonchev–Trinajstić information content (AvgIpc) is 2.48. The minimum absolute atomic E-state index is 0.164. The number of benzene rings is 1. The number of hydrogen-bond acceptors (Lipinski definition) is 1. The van der Waals surface area contributed by atoms with E-state index in [9.17, 15) is 4.79 Å². The van der Waals surface area contributed by atoms with Crippen LogP contribution in [0.2, 0.25) is 5.02 Å². The fourth-order valence-electron chi connectivity index (χ4n) is 3.65. The quantitative estimate of drug-likeness (QED) is 0.877. The summed E-state index contributed by atoms with van der Waals surface area (Å²) in [6.45, 7) is 9.42. The molecule has 0 spiro atoms. The molecule has 1 aliphatic heterocycles. The molecule has 0 radical (unpaired) electrons. The van der Waals surface area contributed by atoms with Crippen LogP contribution in [0.4, 0.5) is 0 Å². The normalized spacial score (nSPS) is 22.2. The van der Waals surface area contributed by atoms with Gasteiger partial charge in [-0.25, -0.2) is 0 Å². The number of aromatic amines is 1. The number of nitrogens with one attached hydrogen (secondary N) is 2. The largest absolute Gasteiger partial charge is 0.358 e. The number of piperidine rings is 1. The van der Waals surface area contributed by atoms with Crippen molar-refractivity contribution in [2.75, 3.05) is 13.1 Å². The highest BCUT2D eigenvalue weighted by atomic mass is 35.5. The Balaban J connectivity index is 2.03. The van der Waals surface area contributed by atoms with Crippen LogP contribution in [0.25, 0.3) is 10.9 Å². The molecule has 2 aromatic rings. The third-order valence-electron chi connectivity index (χ3n) is 4.97. The van der Waals surface area contributed by atoms with Gasteiger partial charge in [-0.15, -0.1) is 0 Å². The van der Waals surface area contributed by atoms with Crippen molar-refractivity contribution in [1.29, 1.82) is 0 Å². The second kappa shape index (κ2) is 6.05. The molecule has 2 heterocycles. The minimum atomic E-state index is 0.164. The number of quaternary nitrogens is 1. The zero-order chi connectivity index (χ0) is 15.9. The maximum Gasteiger partial charge on any atom is 0.198 e. The number of hydrogen-bond donors (Lipinski definition) is 2. The molecule has 0 amide bonds. The molecule has 118 valence electrons. The van der Waals surface area contributed by atoms with Crippen LogP contribution in [0.5, 0.6) is 0 Å². The van der Waals surface area contributed by atoms with Crippen molar-refractivity contribution in [2.24, 2.45) is 5.92 Å². The number of fused-ring (bicyclic) bond motifs is 1. The van der Waals surface area contributed by atoms with Gasteiger partial charge >= 0.3 is 0 Å². The van der Waals surface area contributed by atoms with E-state index in [2.05, 4.69) is 11.9 Å². The van der Waals surface area contributed by atoms with Gasteiger partial charge in [-0.1, -0.05) is 18.5 Å². The lowest BCUT2D eigenvalue weighted by Crippen LogP contribution is -3.12. The van der Waals surface area contributed by atoms with E-state index < -0.39 is 0 Å². The lowest BCUT2D eigenvalue weighted by molar-refractivity contribution is -0.922. The van der Waals surface area contributed by atoms with Gasteiger partial charge in [-0.05, 0) is 44.4 Å². The molecule has 0 bridgehead atoms. The summed E-state index contributed by atoms with van der Waals surface area (Å²) in [6.07, 6.45) is 2.57. The maximum absolute atomic E-state index is 12.9. The van der Waals surface area contributed by atoms with Gasteiger partial charge in [-0.3, -0.25) is 4.79 Å². The zero-order valence-electron chi connectivity index (χ0n) is 13.6. The molecule has 2 N–H and O–H groups in total. The minimum Gasteiger partial charge on any atom is -0.358 e. The van der Waals surface area contributed by atoms with Crippen molar-refractivity contribution >= 4 is 22.5 Å². The number of pyridine rings is 1.